The summed E-state index contributed by atoms with van der Waals surface area (Å²) in [6.07, 6.45) is 0. The van der Waals surface area contributed by atoms with Crippen molar-refractivity contribution in [2.75, 3.05) is 4.90 Å². The van der Waals surface area contributed by atoms with Crippen molar-refractivity contribution in [2.24, 2.45) is 0 Å². The smallest absolute Gasteiger partial charge is 0.143 e. The fourth-order valence-electron chi connectivity index (χ4n) is 8.31. The molecule has 1 heterocycles. The molecule has 0 saturated carbocycles. The minimum atomic E-state index is -0.114. The summed E-state index contributed by atoms with van der Waals surface area (Å²) in [7, 11) is 0. The average molecular weight is 628 g/mol. The zero-order valence-electron chi connectivity index (χ0n) is 27.4. The Hall–Kier alpha value is -6.12. The summed E-state index contributed by atoms with van der Waals surface area (Å²) in [5.41, 5.74) is 12.7. The molecule has 0 radical (unpaired) electrons. The second-order valence-electron chi connectivity index (χ2n) is 13.7. The van der Waals surface area contributed by atoms with E-state index in [1.807, 2.05) is 0 Å². The molecule has 10 rings (SSSR count). The van der Waals surface area contributed by atoms with Crippen molar-refractivity contribution in [1.29, 1.82) is 0 Å². The van der Waals surface area contributed by atoms with Gasteiger partial charge in [0.15, 0.2) is 0 Å². The Bertz CT molecular complexity index is 2740. The Kier molecular flexibility index (Phi) is 5.95. The molecule has 0 aliphatic heterocycles. The van der Waals surface area contributed by atoms with Crippen LogP contribution in [0.2, 0.25) is 0 Å². The first-order valence-corrected chi connectivity index (χ1v) is 17.0. The van der Waals surface area contributed by atoms with Crippen molar-refractivity contribution < 1.29 is 4.42 Å². The van der Waals surface area contributed by atoms with E-state index in [1.54, 1.807) is 0 Å². The van der Waals surface area contributed by atoms with Crippen LogP contribution in [0.15, 0.2) is 168 Å². The largest absolute Gasteiger partial charge is 0.455 e. The SMILES string of the molecule is CC1(C)c2ccccc2-c2ccc(N(c3ccccc3)c3cc4c(cc3-c3ccccc3)oc3c5ccccc5c5ccccc5c43)cc21. The van der Waals surface area contributed by atoms with Gasteiger partial charge in [0, 0.05) is 38.5 Å². The third kappa shape index (κ3) is 4.07. The number of hydrogen-bond donors (Lipinski definition) is 0. The molecule has 0 atom stereocenters. The van der Waals surface area contributed by atoms with E-state index in [0.717, 1.165) is 55.5 Å². The molecule has 0 saturated heterocycles. The van der Waals surface area contributed by atoms with Gasteiger partial charge in [0.2, 0.25) is 0 Å². The molecule has 0 spiro atoms. The zero-order chi connectivity index (χ0) is 32.7. The molecule has 1 aliphatic rings. The van der Waals surface area contributed by atoms with E-state index in [9.17, 15) is 0 Å². The maximum absolute atomic E-state index is 6.89. The van der Waals surface area contributed by atoms with Crippen LogP contribution in [-0.2, 0) is 5.41 Å². The lowest BCUT2D eigenvalue weighted by molar-refractivity contribution is 0.660. The summed E-state index contributed by atoms with van der Waals surface area (Å²) in [5.74, 6) is 0. The number of anilines is 3. The third-order valence-electron chi connectivity index (χ3n) is 10.6. The molecule has 49 heavy (non-hydrogen) atoms. The number of hydrogen-bond acceptors (Lipinski definition) is 2. The predicted molar refractivity (Wildman–Crippen MR) is 206 cm³/mol. The molecule has 0 bridgehead atoms. The van der Waals surface area contributed by atoms with E-state index in [0.29, 0.717) is 0 Å². The van der Waals surface area contributed by atoms with Crippen LogP contribution >= 0.6 is 0 Å². The topological polar surface area (TPSA) is 16.4 Å². The van der Waals surface area contributed by atoms with E-state index in [4.69, 9.17) is 4.42 Å². The molecule has 8 aromatic carbocycles. The van der Waals surface area contributed by atoms with Gasteiger partial charge in [0.1, 0.15) is 11.2 Å². The van der Waals surface area contributed by atoms with Gasteiger partial charge in [-0.05, 0) is 80.4 Å². The number of rotatable bonds is 4. The Labute approximate surface area is 285 Å². The molecule has 0 amide bonds. The van der Waals surface area contributed by atoms with Crippen molar-refractivity contribution in [3.05, 3.63) is 175 Å². The van der Waals surface area contributed by atoms with Gasteiger partial charge in [0.05, 0.1) is 5.69 Å². The molecule has 9 aromatic rings. The molecule has 2 heteroatoms. The molecule has 0 unspecified atom stereocenters. The minimum Gasteiger partial charge on any atom is -0.455 e. The lowest BCUT2D eigenvalue weighted by Crippen LogP contribution is -2.16. The van der Waals surface area contributed by atoms with Crippen LogP contribution in [0.25, 0.3) is 65.7 Å². The summed E-state index contributed by atoms with van der Waals surface area (Å²) in [4.78, 5) is 2.43. The Morgan fingerprint density at radius 2 is 1.06 bits per heavy atom. The maximum atomic E-state index is 6.89. The maximum Gasteiger partial charge on any atom is 0.143 e. The number of para-hydroxylation sites is 1. The fourth-order valence-corrected chi connectivity index (χ4v) is 8.31. The first-order chi connectivity index (χ1) is 24.1. The predicted octanol–water partition coefficient (Wildman–Crippen LogP) is 13.3. The van der Waals surface area contributed by atoms with Crippen LogP contribution < -0.4 is 4.90 Å². The molecule has 0 fully saturated rings. The van der Waals surface area contributed by atoms with Crippen molar-refractivity contribution >= 4 is 60.5 Å². The standard InChI is InChI=1S/C47H33NO/c1-47(2)41-24-14-13-21-35(41)36-26-25-32(27-42(36)47)48(31-17-7-4-8-18-31)43-28-40-44(29-39(43)30-15-5-3-6-16-30)49-46-38-23-12-10-20-34(38)33-19-9-11-22-37(33)45(40)46/h3-29H,1-2H3. The van der Waals surface area contributed by atoms with E-state index in [1.165, 1.54) is 38.4 Å². The van der Waals surface area contributed by atoms with E-state index < -0.39 is 0 Å². The number of fused-ring (bicyclic) bond motifs is 11. The lowest BCUT2D eigenvalue weighted by atomic mass is 9.82. The van der Waals surface area contributed by atoms with Gasteiger partial charge >= 0.3 is 0 Å². The van der Waals surface area contributed by atoms with Crippen LogP contribution in [0.5, 0.6) is 0 Å². The van der Waals surface area contributed by atoms with E-state index in [-0.39, 0.29) is 5.41 Å². The highest BCUT2D eigenvalue weighted by Crippen LogP contribution is 2.52. The number of benzene rings is 8. The molecular formula is C47H33NO. The zero-order valence-corrected chi connectivity index (χ0v) is 27.4. The van der Waals surface area contributed by atoms with Crippen molar-refractivity contribution in [3.8, 4) is 22.3 Å². The van der Waals surface area contributed by atoms with Gasteiger partial charge in [-0.25, -0.2) is 0 Å². The Balaban J connectivity index is 1.31. The fraction of sp³-hybridized carbons (Fsp3) is 0.0638. The Morgan fingerprint density at radius 1 is 0.449 bits per heavy atom. The van der Waals surface area contributed by atoms with Crippen LogP contribution in [0.3, 0.4) is 0 Å². The van der Waals surface area contributed by atoms with Gasteiger partial charge in [-0.3, -0.25) is 0 Å². The van der Waals surface area contributed by atoms with Gasteiger partial charge in [-0.2, -0.15) is 0 Å². The van der Waals surface area contributed by atoms with Crippen LogP contribution in [0, 0.1) is 0 Å². The van der Waals surface area contributed by atoms with E-state index >= 15 is 0 Å². The third-order valence-corrected chi connectivity index (χ3v) is 10.6. The van der Waals surface area contributed by atoms with Gasteiger partial charge < -0.3 is 9.32 Å². The first-order valence-electron chi connectivity index (χ1n) is 17.0. The van der Waals surface area contributed by atoms with Crippen LogP contribution in [0.1, 0.15) is 25.0 Å². The molecule has 1 aromatic heterocycles. The summed E-state index contributed by atoms with van der Waals surface area (Å²) < 4.78 is 6.89. The molecule has 232 valence electrons. The highest BCUT2D eigenvalue weighted by molar-refractivity contribution is 6.30. The van der Waals surface area contributed by atoms with Crippen molar-refractivity contribution in [3.63, 3.8) is 0 Å². The monoisotopic (exact) mass is 627 g/mol. The first kappa shape index (κ1) is 27.9. The second-order valence-corrected chi connectivity index (χ2v) is 13.7. The van der Waals surface area contributed by atoms with Gasteiger partial charge in [0.25, 0.3) is 0 Å². The van der Waals surface area contributed by atoms with Crippen molar-refractivity contribution in [2.45, 2.75) is 19.3 Å². The van der Waals surface area contributed by atoms with Gasteiger partial charge in [-0.1, -0.05) is 141 Å². The second kappa shape index (κ2) is 10.4. The van der Waals surface area contributed by atoms with Crippen LogP contribution in [0.4, 0.5) is 17.1 Å². The number of nitrogens with zero attached hydrogens (tertiary/aromatic N) is 1. The highest BCUT2D eigenvalue weighted by Gasteiger charge is 2.36. The average Bonchev–Trinajstić information content (AvgIpc) is 3.64. The lowest BCUT2D eigenvalue weighted by Gasteiger charge is -2.30. The van der Waals surface area contributed by atoms with Crippen LogP contribution in [-0.4, -0.2) is 0 Å². The summed E-state index contributed by atoms with van der Waals surface area (Å²) in [5, 5.41) is 7.06. The van der Waals surface area contributed by atoms with Gasteiger partial charge in [-0.15, -0.1) is 0 Å². The van der Waals surface area contributed by atoms with E-state index in [2.05, 4.69) is 183 Å². The quantitative estimate of drug-likeness (QED) is 0.181. The summed E-state index contributed by atoms with van der Waals surface area (Å²) >= 11 is 0. The summed E-state index contributed by atoms with van der Waals surface area (Å²) in [6.45, 7) is 4.70. The Morgan fingerprint density at radius 3 is 1.84 bits per heavy atom. The molecule has 1 aliphatic carbocycles. The molecular weight excluding hydrogens is 595 g/mol. The minimum absolute atomic E-state index is 0.114. The molecule has 0 N–H and O–H groups in total. The number of furan rings is 1. The van der Waals surface area contributed by atoms with Crippen molar-refractivity contribution in [1.82, 2.24) is 0 Å². The normalized spacial score (nSPS) is 13.3. The highest BCUT2D eigenvalue weighted by atomic mass is 16.3. The molecule has 2 nitrogen and oxygen atoms in total. The summed E-state index contributed by atoms with van der Waals surface area (Å²) in [6, 6.07) is 59.3.